The molecule has 0 amide bonds. The summed E-state index contributed by atoms with van der Waals surface area (Å²) in [5.41, 5.74) is 4.87. The summed E-state index contributed by atoms with van der Waals surface area (Å²) in [7, 11) is 0. The number of nitrogens with zero attached hydrogens (tertiary/aromatic N) is 1. The van der Waals surface area contributed by atoms with E-state index in [0.717, 1.165) is 6.54 Å². The number of nitrogens with two attached hydrogens (primary N) is 1. The third-order valence-corrected chi connectivity index (χ3v) is 3.94. The first kappa shape index (κ1) is 15.7. The molecule has 6 heteroatoms. The summed E-state index contributed by atoms with van der Waals surface area (Å²) in [6, 6.07) is 4.11. The van der Waals surface area contributed by atoms with Crippen LogP contribution < -0.4 is 10.5 Å². The van der Waals surface area contributed by atoms with Gasteiger partial charge in [-0.3, -0.25) is 0 Å². The number of aliphatic carboxylic acids is 1. The Morgan fingerprint density at radius 3 is 2.67 bits per heavy atom. The predicted octanol–water partition coefficient (Wildman–Crippen LogP) is 1.39. The lowest BCUT2D eigenvalue weighted by Gasteiger charge is -2.39. The van der Waals surface area contributed by atoms with Gasteiger partial charge in [0.1, 0.15) is 11.6 Å². The quantitative estimate of drug-likeness (QED) is 0.859. The molecule has 0 aliphatic carbocycles. The molecule has 1 aliphatic rings. The van der Waals surface area contributed by atoms with Crippen LogP contribution in [0.5, 0.6) is 5.75 Å². The van der Waals surface area contributed by atoms with E-state index in [1.807, 2.05) is 0 Å². The third kappa shape index (κ3) is 3.51. The van der Waals surface area contributed by atoms with Crippen molar-refractivity contribution in [1.29, 1.82) is 0 Å². The van der Waals surface area contributed by atoms with Crippen LogP contribution in [-0.2, 0) is 4.79 Å². The highest BCUT2D eigenvalue weighted by atomic mass is 19.1. The number of aryl methyl sites for hydroxylation is 1. The van der Waals surface area contributed by atoms with Gasteiger partial charge in [-0.25, -0.2) is 9.18 Å². The standard InChI is InChI=1S/C15H21FN2O3/c1-11-10-12(16)2-3-13(11)21-15(14(19)20)4-7-18(8-5-15)9-6-17/h2-3,10H,4-9,17H2,1H3,(H,19,20). The molecule has 0 saturated carbocycles. The molecule has 3 N–H and O–H groups in total. The van der Waals surface area contributed by atoms with Gasteiger partial charge in [-0.2, -0.15) is 0 Å². The van der Waals surface area contributed by atoms with Crippen LogP contribution in [0.4, 0.5) is 4.39 Å². The first-order valence-electron chi connectivity index (χ1n) is 7.08. The highest BCUT2D eigenvalue weighted by molar-refractivity contribution is 5.78. The van der Waals surface area contributed by atoms with Gasteiger partial charge in [-0.15, -0.1) is 0 Å². The molecule has 0 spiro atoms. The Morgan fingerprint density at radius 2 is 2.14 bits per heavy atom. The number of hydrogen-bond donors (Lipinski definition) is 2. The van der Waals surface area contributed by atoms with E-state index in [4.69, 9.17) is 10.5 Å². The third-order valence-electron chi connectivity index (χ3n) is 3.94. The number of carboxylic acids is 1. The molecule has 1 fully saturated rings. The van der Waals surface area contributed by atoms with E-state index in [1.165, 1.54) is 18.2 Å². The Morgan fingerprint density at radius 1 is 1.48 bits per heavy atom. The molecule has 0 radical (unpaired) electrons. The van der Waals surface area contributed by atoms with Gasteiger partial charge in [0.05, 0.1) is 0 Å². The maximum Gasteiger partial charge on any atom is 0.348 e. The van der Waals surface area contributed by atoms with E-state index in [-0.39, 0.29) is 5.82 Å². The highest BCUT2D eigenvalue weighted by Crippen LogP contribution is 2.31. The van der Waals surface area contributed by atoms with Crippen molar-refractivity contribution >= 4 is 5.97 Å². The smallest absolute Gasteiger partial charge is 0.348 e. The maximum absolute atomic E-state index is 13.1. The maximum atomic E-state index is 13.1. The van der Waals surface area contributed by atoms with Crippen molar-refractivity contribution < 1.29 is 19.0 Å². The van der Waals surface area contributed by atoms with E-state index >= 15 is 0 Å². The Balaban J connectivity index is 2.15. The van der Waals surface area contributed by atoms with Gasteiger partial charge in [-0.1, -0.05) is 0 Å². The number of rotatable bonds is 5. The van der Waals surface area contributed by atoms with Crippen molar-refractivity contribution in [3.8, 4) is 5.75 Å². The Labute approximate surface area is 123 Å². The Bertz CT molecular complexity index is 514. The van der Waals surface area contributed by atoms with E-state index in [9.17, 15) is 14.3 Å². The average Bonchev–Trinajstić information content (AvgIpc) is 2.44. The van der Waals surface area contributed by atoms with Gasteiger partial charge in [0.15, 0.2) is 0 Å². The van der Waals surface area contributed by atoms with Gasteiger partial charge in [-0.05, 0) is 30.7 Å². The van der Waals surface area contributed by atoms with Crippen LogP contribution >= 0.6 is 0 Å². The van der Waals surface area contributed by atoms with Crippen molar-refractivity contribution in [3.05, 3.63) is 29.6 Å². The monoisotopic (exact) mass is 296 g/mol. The normalized spacial score (nSPS) is 18.4. The second-order valence-corrected chi connectivity index (χ2v) is 5.44. The summed E-state index contributed by atoms with van der Waals surface area (Å²) in [6.45, 7) is 4.27. The molecule has 0 aromatic heterocycles. The second-order valence-electron chi connectivity index (χ2n) is 5.44. The molecular weight excluding hydrogens is 275 g/mol. The number of carboxylic acid groups (broad SMARTS) is 1. The topological polar surface area (TPSA) is 75.8 Å². The average molecular weight is 296 g/mol. The van der Waals surface area contributed by atoms with Crippen LogP contribution in [0.1, 0.15) is 18.4 Å². The first-order chi connectivity index (χ1) is 9.97. The predicted molar refractivity (Wildman–Crippen MR) is 76.9 cm³/mol. The lowest BCUT2D eigenvalue weighted by Crippen LogP contribution is -2.53. The van der Waals surface area contributed by atoms with Crippen LogP contribution in [0.3, 0.4) is 0 Å². The molecule has 116 valence electrons. The Hall–Kier alpha value is -1.66. The van der Waals surface area contributed by atoms with Gasteiger partial charge >= 0.3 is 5.97 Å². The number of halogens is 1. The molecule has 1 saturated heterocycles. The molecule has 1 heterocycles. The molecule has 5 nitrogen and oxygen atoms in total. The molecule has 0 bridgehead atoms. The highest BCUT2D eigenvalue weighted by Gasteiger charge is 2.44. The van der Waals surface area contributed by atoms with Crippen LogP contribution in [0.2, 0.25) is 0 Å². The van der Waals surface area contributed by atoms with Gasteiger partial charge in [0, 0.05) is 39.0 Å². The molecule has 0 atom stereocenters. The lowest BCUT2D eigenvalue weighted by atomic mass is 9.91. The Kier molecular flexibility index (Phi) is 4.80. The summed E-state index contributed by atoms with van der Waals surface area (Å²) in [4.78, 5) is 13.8. The van der Waals surface area contributed by atoms with E-state index < -0.39 is 11.6 Å². The molecule has 2 rings (SSSR count). The summed E-state index contributed by atoms with van der Waals surface area (Å²) < 4.78 is 18.9. The van der Waals surface area contributed by atoms with Crippen molar-refractivity contribution in [2.45, 2.75) is 25.4 Å². The molecule has 1 aromatic carbocycles. The molecule has 0 unspecified atom stereocenters. The van der Waals surface area contributed by atoms with E-state index in [2.05, 4.69) is 4.90 Å². The lowest BCUT2D eigenvalue weighted by molar-refractivity contribution is -0.159. The molecule has 21 heavy (non-hydrogen) atoms. The zero-order valence-electron chi connectivity index (χ0n) is 12.1. The number of carbonyl (C=O) groups is 1. The van der Waals surface area contributed by atoms with Crippen molar-refractivity contribution in [2.24, 2.45) is 5.73 Å². The number of piperidine rings is 1. The van der Waals surface area contributed by atoms with Crippen molar-refractivity contribution in [2.75, 3.05) is 26.2 Å². The van der Waals surface area contributed by atoms with E-state index in [1.54, 1.807) is 6.92 Å². The number of likely N-dealkylation sites (tertiary alicyclic amines) is 1. The van der Waals surface area contributed by atoms with Crippen LogP contribution in [0.25, 0.3) is 0 Å². The first-order valence-corrected chi connectivity index (χ1v) is 7.08. The van der Waals surface area contributed by atoms with Gasteiger partial charge < -0.3 is 20.5 Å². The molecule has 1 aromatic rings. The minimum absolute atomic E-state index is 0.359. The van der Waals surface area contributed by atoms with Crippen LogP contribution in [-0.4, -0.2) is 47.8 Å². The van der Waals surface area contributed by atoms with Crippen LogP contribution in [0, 0.1) is 12.7 Å². The fourth-order valence-corrected chi connectivity index (χ4v) is 2.62. The van der Waals surface area contributed by atoms with Crippen molar-refractivity contribution in [3.63, 3.8) is 0 Å². The minimum Gasteiger partial charge on any atom is -0.478 e. The summed E-state index contributed by atoms with van der Waals surface area (Å²) in [5, 5.41) is 9.57. The summed E-state index contributed by atoms with van der Waals surface area (Å²) in [5.74, 6) is -0.910. The van der Waals surface area contributed by atoms with Crippen LogP contribution in [0.15, 0.2) is 18.2 Å². The zero-order valence-corrected chi connectivity index (χ0v) is 12.1. The SMILES string of the molecule is Cc1cc(F)ccc1OC1(C(=O)O)CCN(CCN)CC1. The number of benzene rings is 1. The largest absolute Gasteiger partial charge is 0.478 e. The minimum atomic E-state index is -1.24. The van der Waals surface area contributed by atoms with E-state index in [0.29, 0.717) is 43.8 Å². The number of hydrogen-bond acceptors (Lipinski definition) is 4. The van der Waals surface area contributed by atoms with Gasteiger partial charge in [0.2, 0.25) is 5.60 Å². The fourth-order valence-electron chi connectivity index (χ4n) is 2.62. The molecule has 1 aliphatic heterocycles. The summed E-state index contributed by atoms with van der Waals surface area (Å²) >= 11 is 0. The second kappa shape index (κ2) is 6.41. The summed E-state index contributed by atoms with van der Waals surface area (Å²) in [6.07, 6.45) is 0.776. The van der Waals surface area contributed by atoms with Crippen molar-refractivity contribution in [1.82, 2.24) is 4.90 Å². The fraction of sp³-hybridized carbons (Fsp3) is 0.533. The van der Waals surface area contributed by atoms with Gasteiger partial charge in [0.25, 0.3) is 0 Å². The number of ether oxygens (including phenoxy) is 1. The zero-order chi connectivity index (χ0) is 15.5. The molecular formula is C15H21FN2O3.